The number of halogens is 1. The number of hydrogen-bond donors (Lipinski definition) is 2. The second-order valence-corrected chi connectivity index (χ2v) is 4.16. The predicted octanol–water partition coefficient (Wildman–Crippen LogP) is 0.988. The number of methoxy groups -OCH3 is 1. The molecular weight excluding hydrogens is 283 g/mol. The van der Waals surface area contributed by atoms with Gasteiger partial charge in [-0.3, -0.25) is 9.69 Å². The van der Waals surface area contributed by atoms with Crippen LogP contribution in [-0.2, 0) is 14.3 Å². The maximum Gasteiger partial charge on any atom is 0.326 e. The van der Waals surface area contributed by atoms with Crippen LogP contribution in [0.15, 0.2) is 24.3 Å². The van der Waals surface area contributed by atoms with Crippen LogP contribution < -0.4 is 10.2 Å². The number of ether oxygens (including phenoxy) is 1. The fourth-order valence-electron chi connectivity index (χ4n) is 1.50. The van der Waals surface area contributed by atoms with Crippen molar-refractivity contribution < 1.29 is 28.6 Å². The summed E-state index contributed by atoms with van der Waals surface area (Å²) in [6, 6.07) is 3.02. The summed E-state index contributed by atoms with van der Waals surface area (Å²) in [5, 5.41) is 11.1. The van der Waals surface area contributed by atoms with E-state index in [-0.39, 0.29) is 5.69 Å². The van der Waals surface area contributed by atoms with E-state index in [1.54, 1.807) is 0 Å². The molecule has 0 heterocycles. The third kappa shape index (κ3) is 4.75. The summed E-state index contributed by atoms with van der Waals surface area (Å²) in [5.74, 6) is -2.67. The number of carboxylic acids is 1. The van der Waals surface area contributed by atoms with Crippen molar-refractivity contribution in [2.75, 3.05) is 19.1 Å². The average molecular weight is 298 g/mol. The standard InChI is InChI=1S/C13H15FN2O5/c1-16(9-5-3-4-8(14)6-9)13(20)15-10(12(18)19)7-11(17)21-2/h3-6,10H,7H2,1-2H3,(H,15,20)(H,18,19)/t10-/m0/s1. The molecule has 114 valence electrons. The molecule has 0 aliphatic carbocycles. The molecule has 1 rings (SSSR count). The van der Waals surface area contributed by atoms with Gasteiger partial charge in [0.2, 0.25) is 0 Å². The number of nitrogens with one attached hydrogen (secondary N) is 1. The zero-order valence-electron chi connectivity index (χ0n) is 11.5. The molecule has 0 unspecified atom stereocenters. The molecule has 0 aliphatic rings. The van der Waals surface area contributed by atoms with E-state index in [9.17, 15) is 18.8 Å². The van der Waals surface area contributed by atoms with E-state index >= 15 is 0 Å². The zero-order chi connectivity index (χ0) is 16.0. The summed E-state index contributed by atoms with van der Waals surface area (Å²) in [6.07, 6.45) is -0.505. The molecule has 2 N–H and O–H groups in total. The topological polar surface area (TPSA) is 95.9 Å². The number of carbonyl (C=O) groups excluding carboxylic acids is 2. The third-order valence-electron chi connectivity index (χ3n) is 2.69. The van der Waals surface area contributed by atoms with Crippen LogP contribution in [0.2, 0.25) is 0 Å². The van der Waals surface area contributed by atoms with Gasteiger partial charge >= 0.3 is 18.0 Å². The minimum Gasteiger partial charge on any atom is -0.480 e. The van der Waals surface area contributed by atoms with Gasteiger partial charge in [0, 0.05) is 12.7 Å². The minimum atomic E-state index is -1.43. The average Bonchev–Trinajstić information content (AvgIpc) is 2.45. The molecule has 2 amide bonds. The lowest BCUT2D eigenvalue weighted by Crippen LogP contribution is -2.47. The van der Waals surface area contributed by atoms with E-state index in [1.165, 1.54) is 25.2 Å². The number of aliphatic carboxylic acids is 1. The largest absolute Gasteiger partial charge is 0.480 e. The maximum absolute atomic E-state index is 13.1. The van der Waals surface area contributed by atoms with Crippen LogP contribution in [0, 0.1) is 5.82 Å². The number of carboxylic acid groups (broad SMARTS) is 1. The smallest absolute Gasteiger partial charge is 0.326 e. The van der Waals surface area contributed by atoms with Crippen molar-refractivity contribution in [2.45, 2.75) is 12.5 Å². The molecule has 0 aromatic heterocycles. The van der Waals surface area contributed by atoms with E-state index in [0.717, 1.165) is 18.1 Å². The Bertz CT molecular complexity index is 549. The molecule has 1 atom stereocenters. The normalized spacial score (nSPS) is 11.4. The van der Waals surface area contributed by atoms with Crippen LogP contribution in [0.5, 0.6) is 0 Å². The number of urea groups is 1. The molecule has 7 nitrogen and oxygen atoms in total. The molecule has 0 saturated heterocycles. The number of hydrogen-bond acceptors (Lipinski definition) is 4. The van der Waals surface area contributed by atoms with Crippen molar-refractivity contribution in [2.24, 2.45) is 0 Å². The molecule has 1 aromatic carbocycles. The van der Waals surface area contributed by atoms with E-state index in [2.05, 4.69) is 10.1 Å². The summed E-state index contributed by atoms with van der Waals surface area (Å²) in [7, 11) is 2.46. The second-order valence-electron chi connectivity index (χ2n) is 4.16. The molecule has 0 saturated carbocycles. The van der Waals surface area contributed by atoms with Gasteiger partial charge in [0.1, 0.15) is 11.9 Å². The molecule has 0 fully saturated rings. The van der Waals surface area contributed by atoms with E-state index < -0.39 is 36.2 Å². The maximum atomic E-state index is 13.1. The van der Waals surface area contributed by atoms with Crippen molar-refractivity contribution in [3.63, 3.8) is 0 Å². The quantitative estimate of drug-likeness (QED) is 0.790. The summed E-state index contributed by atoms with van der Waals surface area (Å²) in [6.45, 7) is 0. The molecule has 1 aromatic rings. The Morgan fingerprint density at radius 3 is 2.62 bits per heavy atom. The second kappa shape index (κ2) is 7.22. The highest BCUT2D eigenvalue weighted by molar-refractivity contribution is 5.95. The van der Waals surface area contributed by atoms with Gasteiger partial charge in [-0.15, -0.1) is 0 Å². The number of esters is 1. The van der Waals surface area contributed by atoms with E-state index in [1.807, 2.05) is 0 Å². The van der Waals surface area contributed by atoms with Gasteiger partial charge in [0.25, 0.3) is 0 Å². The SMILES string of the molecule is COC(=O)C[C@H](NC(=O)N(C)c1cccc(F)c1)C(=O)O. The van der Waals surface area contributed by atoms with Gasteiger partial charge in [0.05, 0.1) is 13.5 Å². The van der Waals surface area contributed by atoms with Crippen molar-refractivity contribution in [1.29, 1.82) is 0 Å². The van der Waals surface area contributed by atoms with E-state index in [0.29, 0.717) is 0 Å². The van der Waals surface area contributed by atoms with Gasteiger partial charge in [-0.05, 0) is 18.2 Å². The van der Waals surface area contributed by atoms with E-state index in [4.69, 9.17) is 5.11 Å². The van der Waals surface area contributed by atoms with Gasteiger partial charge in [-0.25, -0.2) is 14.0 Å². The summed E-state index contributed by atoms with van der Waals surface area (Å²) in [4.78, 5) is 35.0. The monoisotopic (exact) mass is 298 g/mol. The fraction of sp³-hybridized carbons (Fsp3) is 0.308. The molecule has 0 aliphatic heterocycles. The van der Waals surface area contributed by atoms with Crippen molar-refractivity contribution in [1.82, 2.24) is 5.32 Å². The Kier molecular flexibility index (Phi) is 5.65. The van der Waals surface area contributed by atoms with Crippen LogP contribution >= 0.6 is 0 Å². The first-order valence-corrected chi connectivity index (χ1v) is 5.94. The predicted molar refractivity (Wildman–Crippen MR) is 71.4 cm³/mol. The molecule has 0 bridgehead atoms. The van der Waals surface area contributed by atoms with Crippen LogP contribution in [0.4, 0.5) is 14.9 Å². The molecule has 0 radical (unpaired) electrons. The molecule has 21 heavy (non-hydrogen) atoms. The van der Waals surface area contributed by atoms with Gasteiger partial charge < -0.3 is 15.2 Å². The Balaban J connectivity index is 2.77. The Hall–Kier alpha value is -2.64. The number of amides is 2. The lowest BCUT2D eigenvalue weighted by molar-refractivity contribution is -0.147. The van der Waals surface area contributed by atoms with Crippen LogP contribution in [0.25, 0.3) is 0 Å². The van der Waals surface area contributed by atoms with Crippen LogP contribution in [-0.4, -0.2) is 43.3 Å². The molecule has 0 spiro atoms. The highest BCUT2D eigenvalue weighted by Crippen LogP contribution is 2.14. The Labute approximate surface area is 120 Å². The molecular formula is C13H15FN2O5. The Morgan fingerprint density at radius 2 is 2.10 bits per heavy atom. The van der Waals surface area contributed by atoms with Gasteiger partial charge in [-0.2, -0.15) is 0 Å². The highest BCUT2D eigenvalue weighted by Gasteiger charge is 2.25. The number of carbonyl (C=O) groups is 3. The first-order chi connectivity index (χ1) is 9.85. The lowest BCUT2D eigenvalue weighted by atomic mass is 10.2. The van der Waals surface area contributed by atoms with Gasteiger partial charge in [0.15, 0.2) is 0 Å². The number of rotatable bonds is 5. The van der Waals surface area contributed by atoms with Gasteiger partial charge in [-0.1, -0.05) is 6.07 Å². The van der Waals surface area contributed by atoms with Crippen molar-refractivity contribution >= 4 is 23.7 Å². The summed E-state index contributed by atoms with van der Waals surface area (Å²) in [5.41, 5.74) is 0.245. The number of anilines is 1. The zero-order valence-corrected chi connectivity index (χ0v) is 11.5. The number of nitrogens with zero attached hydrogens (tertiary/aromatic N) is 1. The first-order valence-electron chi connectivity index (χ1n) is 5.94. The summed E-state index contributed by atoms with van der Waals surface area (Å²) < 4.78 is 17.4. The third-order valence-corrected chi connectivity index (χ3v) is 2.69. The highest BCUT2D eigenvalue weighted by atomic mass is 19.1. The van der Waals surface area contributed by atoms with Crippen molar-refractivity contribution in [3.8, 4) is 0 Å². The molecule has 8 heteroatoms. The van der Waals surface area contributed by atoms with Crippen molar-refractivity contribution in [3.05, 3.63) is 30.1 Å². The first kappa shape index (κ1) is 16.4. The minimum absolute atomic E-state index is 0.245. The summed E-state index contributed by atoms with van der Waals surface area (Å²) >= 11 is 0. The van der Waals surface area contributed by atoms with Crippen LogP contribution in [0.3, 0.4) is 0 Å². The Morgan fingerprint density at radius 1 is 1.43 bits per heavy atom. The number of benzene rings is 1. The van der Waals surface area contributed by atoms with Crippen LogP contribution in [0.1, 0.15) is 6.42 Å². The lowest BCUT2D eigenvalue weighted by Gasteiger charge is -2.21. The fourth-order valence-corrected chi connectivity index (χ4v) is 1.50.